The second kappa shape index (κ2) is 9.38. The number of imidazole rings is 1. The second-order valence-electron chi connectivity index (χ2n) is 7.32. The summed E-state index contributed by atoms with van der Waals surface area (Å²) in [7, 11) is 9.88. The number of nitrogens with zero attached hydrogens (tertiary/aromatic N) is 6. The molecule has 3 aromatic rings. The second-order valence-corrected chi connectivity index (χ2v) is 7.32. The number of nitrogens with one attached hydrogen (secondary N) is 2. The van der Waals surface area contributed by atoms with Gasteiger partial charge in [0, 0.05) is 39.4 Å². The minimum Gasteiger partial charge on any atom is -0.354 e. The number of H-pyrrole nitrogens is 1. The van der Waals surface area contributed by atoms with Crippen LogP contribution in [-0.2, 0) is 13.6 Å². The van der Waals surface area contributed by atoms with E-state index in [-0.39, 0.29) is 6.04 Å². The van der Waals surface area contributed by atoms with Crippen LogP contribution in [0, 0.1) is 0 Å². The summed E-state index contributed by atoms with van der Waals surface area (Å²) < 4.78 is 1.83. The van der Waals surface area contributed by atoms with E-state index in [0.29, 0.717) is 6.54 Å². The number of hydrogen-bond acceptors (Lipinski definition) is 4. The molecule has 2 aromatic heterocycles. The number of rotatable bonds is 7. The minimum atomic E-state index is 0.196. The third-order valence-corrected chi connectivity index (χ3v) is 4.86. The molecule has 1 unspecified atom stereocenters. The molecule has 0 bridgehead atoms. The Morgan fingerprint density at radius 3 is 2.59 bits per heavy atom. The first-order valence-corrected chi connectivity index (χ1v) is 9.64. The Bertz CT molecular complexity index is 925. The van der Waals surface area contributed by atoms with Crippen molar-refractivity contribution in [1.29, 1.82) is 0 Å². The lowest BCUT2D eigenvalue weighted by Gasteiger charge is -2.27. The van der Waals surface area contributed by atoms with Crippen LogP contribution in [0.1, 0.15) is 17.4 Å². The molecule has 3 rings (SSSR count). The van der Waals surface area contributed by atoms with Crippen LogP contribution in [-0.4, -0.2) is 70.2 Å². The lowest BCUT2D eigenvalue weighted by Crippen LogP contribution is -2.42. The molecule has 0 aliphatic carbocycles. The summed E-state index contributed by atoms with van der Waals surface area (Å²) in [5.74, 6) is 1.71. The predicted octanol–water partition coefficient (Wildman–Crippen LogP) is 2.12. The van der Waals surface area contributed by atoms with Crippen molar-refractivity contribution < 1.29 is 0 Å². The third kappa shape index (κ3) is 5.23. The molecule has 2 N–H and O–H groups in total. The fourth-order valence-corrected chi connectivity index (χ4v) is 3.29. The highest BCUT2D eigenvalue weighted by molar-refractivity contribution is 5.79. The van der Waals surface area contributed by atoms with Crippen LogP contribution >= 0.6 is 0 Å². The molecule has 1 aromatic carbocycles. The molecular weight excluding hydrogens is 364 g/mol. The molecule has 29 heavy (non-hydrogen) atoms. The highest BCUT2D eigenvalue weighted by Gasteiger charge is 2.18. The maximum absolute atomic E-state index is 4.52. The molecule has 0 aliphatic heterocycles. The van der Waals surface area contributed by atoms with E-state index in [0.717, 1.165) is 29.6 Å². The maximum atomic E-state index is 4.52. The molecule has 0 saturated carbocycles. The monoisotopic (exact) mass is 394 g/mol. The minimum absolute atomic E-state index is 0.196. The van der Waals surface area contributed by atoms with Crippen molar-refractivity contribution in [3.05, 3.63) is 60.3 Å². The molecule has 0 radical (unpaired) electrons. The van der Waals surface area contributed by atoms with Crippen molar-refractivity contribution >= 4 is 5.96 Å². The largest absolute Gasteiger partial charge is 0.354 e. The normalized spacial score (nSPS) is 13.0. The van der Waals surface area contributed by atoms with Crippen molar-refractivity contribution in [2.75, 3.05) is 34.7 Å². The van der Waals surface area contributed by atoms with E-state index in [4.69, 9.17) is 0 Å². The lowest BCUT2D eigenvalue weighted by atomic mass is 10.1. The van der Waals surface area contributed by atoms with Gasteiger partial charge in [-0.1, -0.05) is 30.3 Å². The number of aromatic amines is 1. The summed E-state index contributed by atoms with van der Waals surface area (Å²) in [5, 5.41) is 7.77. The zero-order valence-corrected chi connectivity index (χ0v) is 17.8. The number of guanidine groups is 1. The van der Waals surface area contributed by atoms with Crippen LogP contribution in [0.25, 0.3) is 11.3 Å². The van der Waals surface area contributed by atoms with Gasteiger partial charge in [0.25, 0.3) is 0 Å². The van der Waals surface area contributed by atoms with Gasteiger partial charge in [0.1, 0.15) is 5.82 Å². The van der Waals surface area contributed by atoms with E-state index in [9.17, 15) is 0 Å². The number of hydrogen-bond donors (Lipinski definition) is 2. The van der Waals surface area contributed by atoms with Gasteiger partial charge in [-0.15, -0.1) is 0 Å². The zero-order chi connectivity index (χ0) is 20.8. The third-order valence-electron chi connectivity index (χ3n) is 4.86. The Kier molecular flexibility index (Phi) is 6.66. The molecule has 1 atom stereocenters. The van der Waals surface area contributed by atoms with Gasteiger partial charge >= 0.3 is 0 Å². The van der Waals surface area contributed by atoms with Gasteiger partial charge in [0.05, 0.1) is 30.7 Å². The zero-order valence-electron chi connectivity index (χ0n) is 17.8. The molecule has 0 saturated heterocycles. The summed E-state index contributed by atoms with van der Waals surface area (Å²) >= 11 is 0. The number of aromatic nitrogens is 4. The first-order chi connectivity index (χ1) is 14.0. The van der Waals surface area contributed by atoms with Gasteiger partial charge in [-0.05, 0) is 19.7 Å². The van der Waals surface area contributed by atoms with E-state index in [1.807, 2.05) is 55.6 Å². The Labute approximate surface area is 172 Å². The van der Waals surface area contributed by atoms with Crippen molar-refractivity contribution in [1.82, 2.24) is 34.9 Å². The standard InChI is InChI=1S/C21H30N8/c1-22-21(24-13-19(27(2)3)17-11-25-29(5)14-17)28(4)15-20-23-12-18(26-20)16-9-7-6-8-10-16/h6-12,14,19H,13,15H2,1-5H3,(H,22,24)(H,23,26). The van der Waals surface area contributed by atoms with Gasteiger partial charge in [0.2, 0.25) is 0 Å². The van der Waals surface area contributed by atoms with Crippen molar-refractivity contribution in [2.45, 2.75) is 12.6 Å². The van der Waals surface area contributed by atoms with E-state index < -0.39 is 0 Å². The fourth-order valence-electron chi connectivity index (χ4n) is 3.29. The average molecular weight is 395 g/mol. The van der Waals surface area contributed by atoms with E-state index in [2.05, 4.69) is 61.4 Å². The summed E-state index contributed by atoms with van der Waals surface area (Å²) in [5.41, 5.74) is 3.31. The Morgan fingerprint density at radius 2 is 1.97 bits per heavy atom. The molecule has 154 valence electrons. The van der Waals surface area contributed by atoms with Crippen LogP contribution in [0.15, 0.2) is 53.9 Å². The van der Waals surface area contributed by atoms with E-state index in [1.165, 1.54) is 5.56 Å². The summed E-state index contributed by atoms with van der Waals surface area (Å²) in [6.07, 6.45) is 5.83. The average Bonchev–Trinajstić information content (AvgIpc) is 3.34. The molecule has 0 spiro atoms. The molecule has 0 amide bonds. The van der Waals surface area contributed by atoms with Gasteiger partial charge < -0.3 is 20.1 Å². The summed E-state index contributed by atoms with van der Waals surface area (Å²) in [6.45, 7) is 1.36. The Hall–Kier alpha value is -3.13. The van der Waals surface area contributed by atoms with Crippen molar-refractivity contribution in [3.63, 3.8) is 0 Å². The quantitative estimate of drug-likeness (QED) is 0.474. The summed E-state index contributed by atoms with van der Waals surface area (Å²) in [4.78, 5) is 16.6. The first kappa shape index (κ1) is 20.6. The van der Waals surface area contributed by atoms with Crippen molar-refractivity contribution in [3.8, 4) is 11.3 Å². The van der Waals surface area contributed by atoms with Crippen LogP contribution < -0.4 is 5.32 Å². The Morgan fingerprint density at radius 1 is 1.21 bits per heavy atom. The van der Waals surface area contributed by atoms with Crippen LogP contribution in [0.3, 0.4) is 0 Å². The van der Waals surface area contributed by atoms with Gasteiger partial charge in [-0.2, -0.15) is 5.10 Å². The number of benzene rings is 1. The molecular formula is C21H30N8. The smallest absolute Gasteiger partial charge is 0.193 e. The molecule has 2 heterocycles. The fraction of sp³-hybridized carbons (Fsp3) is 0.381. The summed E-state index contributed by atoms with van der Waals surface area (Å²) in [6, 6.07) is 10.4. The molecule has 0 fully saturated rings. The van der Waals surface area contributed by atoms with E-state index in [1.54, 1.807) is 7.05 Å². The lowest BCUT2D eigenvalue weighted by molar-refractivity contribution is 0.295. The van der Waals surface area contributed by atoms with Crippen LogP contribution in [0.5, 0.6) is 0 Å². The maximum Gasteiger partial charge on any atom is 0.193 e. The van der Waals surface area contributed by atoms with E-state index >= 15 is 0 Å². The van der Waals surface area contributed by atoms with Gasteiger partial charge in [-0.25, -0.2) is 4.98 Å². The van der Waals surface area contributed by atoms with Crippen LogP contribution in [0.2, 0.25) is 0 Å². The molecule has 8 heteroatoms. The highest BCUT2D eigenvalue weighted by atomic mass is 15.3. The number of aryl methyl sites for hydroxylation is 1. The topological polar surface area (TPSA) is 77.4 Å². The molecule has 0 aliphatic rings. The first-order valence-electron chi connectivity index (χ1n) is 9.64. The predicted molar refractivity (Wildman–Crippen MR) is 116 cm³/mol. The number of likely N-dealkylation sites (N-methyl/N-ethyl adjacent to an activating group) is 1. The Balaban J connectivity index is 1.62. The van der Waals surface area contributed by atoms with Gasteiger partial charge in [-0.3, -0.25) is 9.67 Å². The highest BCUT2D eigenvalue weighted by Crippen LogP contribution is 2.17. The van der Waals surface area contributed by atoms with Crippen LogP contribution in [0.4, 0.5) is 0 Å². The number of aliphatic imine (C=N–C) groups is 1. The SMILES string of the molecule is CN=C(NCC(c1cnn(C)c1)N(C)C)N(C)Cc1ncc(-c2ccccc2)[nH]1. The molecule has 8 nitrogen and oxygen atoms in total. The van der Waals surface area contributed by atoms with Crippen molar-refractivity contribution in [2.24, 2.45) is 12.0 Å². The van der Waals surface area contributed by atoms with Gasteiger partial charge in [0.15, 0.2) is 5.96 Å².